The first-order valence-corrected chi connectivity index (χ1v) is 12.1. The molecule has 0 heterocycles. The molecule has 7 nitrogen and oxygen atoms in total. The van der Waals surface area contributed by atoms with E-state index in [9.17, 15) is 19.5 Å². The Morgan fingerprint density at radius 2 is 1.57 bits per heavy atom. The maximum atomic E-state index is 12.9. The molecule has 186 valence electrons. The smallest absolute Gasteiger partial charge is 0.407 e. The highest BCUT2D eigenvalue weighted by atomic mass is 16.5. The zero-order chi connectivity index (χ0) is 25.4. The fraction of sp³-hybridized carbons (Fsp3) is 0.393. The Kier molecular flexibility index (Phi) is 9.06. The molecular formula is C28H34N2O5. The van der Waals surface area contributed by atoms with Crippen molar-refractivity contribution in [1.29, 1.82) is 0 Å². The average Bonchev–Trinajstić information content (AvgIpc) is 3.16. The van der Waals surface area contributed by atoms with E-state index in [4.69, 9.17) is 4.74 Å². The summed E-state index contributed by atoms with van der Waals surface area (Å²) in [5, 5.41) is 14.7. The van der Waals surface area contributed by atoms with E-state index in [0.29, 0.717) is 12.8 Å². The first-order chi connectivity index (χ1) is 16.8. The van der Waals surface area contributed by atoms with Gasteiger partial charge >= 0.3 is 12.1 Å². The van der Waals surface area contributed by atoms with Crippen LogP contribution in [0.3, 0.4) is 0 Å². The Bertz CT molecular complexity index is 1040. The number of ether oxygens (including phenoxy) is 1. The number of carboxylic acids is 1. The largest absolute Gasteiger partial charge is 0.480 e. The molecule has 0 aromatic heterocycles. The molecule has 0 spiro atoms. The number of fused-ring (bicyclic) bond motifs is 3. The van der Waals surface area contributed by atoms with E-state index >= 15 is 0 Å². The van der Waals surface area contributed by atoms with Crippen LogP contribution in [0.4, 0.5) is 4.79 Å². The summed E-state index contributed by atoms with van der Waals surface area (Å²) in [7, 11) is 0. The van der Waals surface area contributed by atoms with Crippen LogP contribution < -0.4 is 10.6 Å². The number of hydrogen-bond donors (Lipinski definition) is 3. The minimum atomic E-state index is -1.09. The molecule has 7 heteroatoms. The fourth-order valence-corrected chi connectivity index (χ4v) is 4.31. The van der Waals surface area contributed by atoms with Crippen molar-refractivity contribution in [3.8, 4) is 11.1 Å². The third kappa shape index (κ3) is 6.72. The van der Waals surface area contributed by atoms with Gasteiger partial charge < -0.3 is 20.5 Å². The summed E-state index contributed by atoms with van der Waals surface area (Å²) < 4.78 is 5.58. The predicted molar refractivity (Wildman–Crippen MR) is 135 cm³/mol. The summed E-state index contributed by atoms with van der Waals surface area (Å²) in [6, 6.07) is 14.2. The van der Waals surface area contributed by atoms with Crippen LogP contribution in [0.1, 0.15) is 63.5 Å². The molecule has 0 saturated carbocycles. The molecule has 3 rings (SSSR count). The second-order valence-electron chi connectivity index (χ2n) is 9.08. The highest BCUT2D eigenvalue weighted by Gasteiger charge is 2.30. The molecule has 0 saturated heterocycles. The zero-order valence-corrected chi connectivity index (χ0v) is 20.5. The van der Waals surface area contributed by atoms with Crippen LogP contribution in [0.15, 0.2) is 60.2 Å². The standard InChI is InChI=1S/C28H34N2O5/c1-4-5-14-25(27(32)33)29-26(31)24(16-15-18(2)3)30-28(34)35-17-23-21-12-8-6-10-19(21)20-11-7-9-13-22(20)23/h6-13,15,23-25H,4-5,14,16-17H2,1-3H3,(H,29,31)(H,30,34)(H,32,33)/t24?,25-/m0/s1. The second-order valence-corrected chi connectivity index (χ2v) is 9.08. The van der Waals surface area contributed by atoms with Gasteiger partial charge in [-0.25, -0.2) is 9.59 Å². The Labute approximate surface area is 206 Å². The van der Waals surface area contributed by atoms with Gasteiger partial charge in [0.05, 0.1) is 0 Å². The SMILES string of the molecule is CCCC[C@H](NC(=O)C(CC=C(C)C)NC(=O)OCC1c2ccccc2-c2ccccc21)C(=O)O. The minimum Gasteiger partial charge on any atom is -0.480 e. The Morgan fingerprint density at radius 3 is 2.11 bits per heavy atom. The third-order valence-electron chi connectivity index (χ3n) is 6.17. The van der Waals surface area contributed by atoms with Crippen molar-refractivity contribution in [2.75, 3.05) is 6.61 Å². The van der Waals surface area contributed by atoms with Gasteiger partial charge in [0, 0.05) is 5.92 Å². The van der Waals surface area contributed by atoms with Crippen molar-refractivity contribution in [2.24, 2.45) is 0 Å². The third-order valence-corrected chi connectivity index (χ3v) is 6.17. The van der Waals surface area contributed by atoms with Crippen LogP contribution in [0.25, 0.3) is 11.1 Å². The number of unbranched alkanes of at least 4 members (excludes halogenated alkanes) is 1. The predicted octanol–water partition coefficient (Wildman–Crippen LogP) is 5.01. The molecule has 2 aromatic carbocycles. The Hall–Kier alpha value is -3.61. The molecular weight excluding hydrogens is 444 g/mol. The van der Waals surface area contributed by atoms with Crippen molar-refractivity contribution >= 4 is 18.0 Å². The lowest BCUT2D eigenvalue weighted by atomic mass is 9.98. The van der Waals surface area contributed by atoms with Crippen molar-refractivity contribution in [1.82, 2.24) is 10.6 Å². The topological polar surface area (TPSA) is 105 Å². The monoisotopic (exact) mass is 478 g/mol. The van der Waals surface area contributed by atoms with Crippen LogP contribution >= 0.6 is 0 Å². The van der Waals surface area contributed by atoms with Crippen LogP contribution in [-0.2, 0) is 14.3 Å². The quantitative estimate of drug-likeness (QED) is 0.394. The molecule has 3 N–H and O–H groups in total. The highest BCUT2D eigenvalue weighted by molar-refractivity contribution is 5.89. The van der Waals surface area contributed by atoms with Crippen LogP contribution in [0, 0.1) is 0 Å². The summed E-state index contributed by atoms with van der Waals surface area (Å²) in [4.78, 5) is 37.2. The van der Waals surface area contributed by atoms with Crippen molar-refractivity contribution in [2.45, 2.75) is 64.5 Å². The number of aliphatic carboxylic acids is 1. The maximum Gasteiger partial charge on any atom is 0.407 e. The number of amides is 2. The number of carbonyl (C=O) groups excluding carboxylic acids is 2. The van der Waals surface area contributed by atoms with Gasteiger partial charge in [-0.1, -0.05) is 79.9 Å². The molecule has 0 fully saturated rings. The van der Waals surface area contributed by atoms with E-state index in [1.165, 1.54) is 0 Å². The number of alkyl carbamates (subject to hydrolysis) is 1. The number of carbonyl (C=O) groups is 3. The average molecular weight is 479 g/mol. The number of benzene rings is 2. The summed E-state index contributed by atoms with van der Waals surface area (Å²) in [6.07, 6.45) is 3.18. The number of hydrogen-bond acceptors (Lipinski definition) is 4. The molecule has 2 atom stereocenters. The molecule has 35 heavy (non-hydrogen) atoms. The normalized spacial score (nSPS) is 13.7. The van der Waals surface area contributed by atoms with Gasteiger partial charge in [-0.3, -0.25) is 4.79 Å². The molecule has 2 amide bonds. The van der Waals surface area contributed by atoms with E-state index in [-0.39, 0.29) is 18.9 Å². The molecule has 1 unspecified atom stereocenters. The molecule has 0 bridgehead atoms. The lowest BCUT2D eigenvalue weighted by molar-refractivity contribution is -0.142. The minimum absolute atomic E-state index is 0.0938. The lowest BCUT2D eigenvalue weighted by Gasteiger charge is -2.21. The number of carboxylic acid groups (broad SMARTS) is 1. The Morgan fingerprint density at radius 1 is 0.971 bits per heavy atom. The van der Waals surface area contributed by atoms with E-state index in [2.05, 4.69) is 22.8 Å². The van der Waals surface area contributed by atoms with E-state index in [1.807, 2.05) is 63.2 Å². The van der Waals surface area contributed by atoms with Gasteiger partial charge in [-0.2, -0.15) is 0 Å². The van der Waals surface area contributed by atoms with Crippen LogP contribution in [0.5, 0.6) is 0 Å². The van der Waals surface area contributed by atoms with Gasteiger partial charge in [-0.15, -0.1) is 0 Å². The van der Waals surface area contributed by atoms with Gasteiger partial charge in [0.25, 0.3) is 0 Å². The number of nitrogens with one attached hydrogen (secondary N) is 2. The molecule has 1 aliphatic carbocycles. The summed E-state index contributed by atoms with van der Waals surface area (Å²) in [6.45, 7) is 5.87. The summed E-state index contributed by atoms with van der Waals surface area (Å²) in [5.41, 5.74) is 5.44. The summed E-state index contributed by atoms with van der Waals surface area (Å²) >= 11 is 0. The maximum absolute atomic E-state index is 12.9. The first kappa shape index (κ1) is 26.0. The zero-order valence-electron chi connectivity index (χ0n) is 20.5. The first-order valence-electron chi connectivity index (χ1n) is 12.1. The molecule has 0 radical (unpaired) electrons. The Balaban J connectivity index is 1.67. The molecule has 1 aliphatic rings. The fourth-order valence-electron chi connectivity index (χ4n) is 4.31. The summed E-state index contributed by atoms with van der Waals surface area (Å²) in [5.74, 6) is -1.72. The van der Waals surface area contributed by atoms with E-state index in [0.717, 1.165) is 34.2 Å². The van der Waals surface area contributed by atoms with E-state index < -0.39 is 30.1 Å². The van der Waals surface area contributed by atoms with Crippen molar-refractivity contribution in [3.63, 3.8) is 0 Å². The van der Waals surface area contributed by atoms with Gasteiger partial charge in [0.2, 0.25) is 5.91 Å². The van der Waals surface area contributed by atoms with Crippen LogP contribution in [0.2, 0.25) is 0 Å². The number of rotatable bonds is 11. The van der Waals surface area contributed by atoms with Crippen LogP contribution in [-0.4, -0.2) is 41.8 Å². The second kappa shape index (κ2) is 12.2. The number of allylic oxidation sites excluding steroid dienone is 1. The van der Waals surface area contributed by atoms with Gasteiger partial charge in [0.1, 0.15) is 18.7 Å². The van der Waals surface area contributed by atoms with Crippen molar-refractivity contribution < 1.29 is 24.2 Å². The lowest BCUT2D eigenvalue weighted by Crippen LogP contribution is -2.51. The highest BCUT2D eigenvalue weighted by Crippen LogP contribution is 2.44. The van der Waals surface area contributed by atoms with Gasteiger partial charge in [-0.05, 0) is 48.9 Å². The van der Waals surface area contributed by atoms with Crippen molar-refractivity contribution in [3.05, 3.63) is 71.3 Å². The molecule has 2 aromatic rings. The van der Waals surface area contributed by atoms with E-state index in [1.54, 1.807) is 0 Å². The molecule has 0 aliphatic heterocycles. The van der Waals surface area contributed by atoms with Gasteiger partial charge in [0.15, 0.2) is 0 Å².